The van der Waals surface area contributed by atoms with Crippen molar-refractivity contribution in [1.82, 2.24) is 0 Å². The number of nitrogens with one attached hydrogen (secondary N) is 1. The molecular weight excluding hydrogens is 610 g/mol. The van der Waals surface area contributed by atoms with Gasteiger partial charge >= 0.3 is 0 Å². The van der Waals surface area contributed by atoms with Gasteiger partial charge in [0.15, 0.2) is 5.71 Å². The lowest BCUT2D eigenvalue weighted by molar-refractivity contribution is -0.519. The van der Waals surface area contributed by atoms with Crippen molar-refractivity contribution in [1.29, 1.82) is 0 Å². The molecule has 13 heteroatoms. The predicted octanol–water partition coefficient (Wildman–Crippen LogP) is 6.42. The molecule has 46 heavy (non-hydrogen) atoms. The van der Waals surface area contributed by atoms with Gasteiger partial charge in [0.05, 0.1) is 20.8 Å². The highest BCUT2D eigenvalue weighted by Gasteiger charge is 2.23. The third-order valence-electron chi connectivity index (χ3n) is 7.74. The first-order valence-electron chi connectivity index (χ1n) is 14.8. The van der Waals surface area contributed by atoms with Gasteiger partial charge in [0.25, 0.3) is 11.4 Å². The van der Waals surface area contributed by atoms with Crippen LogP contribution in [-0.4, -0.2) is 59.3 Å². The molecule has 1 aliphatic rings. The molecule has 4 rings (SSSR count). The van der Waals surface area contributed by atoms with Gasteiger partial charge in [-0.05, 0) is 86.9 Å². The number of nitro groups is 2. The zero-order valence-corrected chi connectivity index (χ0v) is 26.8. The average molecular weight is 646 g/mol. The van der Waals surface area contributed by atoms with E-state index >= 15 is 0 Å². The van der Waals surface area contributed by atoms with Crippen molar-refractivity contribution in [3.8, 4) is 0 Å². The second kappa shape index (κ2) is 14.3. The number of nitro benzene ring substituents is 2. The van der Waals surface area contributed by atoms with E-state index in [-0.39, 0.29) is 16.1 Å². The summed E-state index contributed by atoms with van der Waals surface area (Å²) in [4.78, 5) is 23.1. The Bertz CT molecular complexity index is 1880. The molecule has 0 aliphatic heterocycles. The molecule has 0 amide bonds. The summed E-state index contributed by atoms with van der Waals surface area (Å²) < 4.78 is 40.4. The highest BCUT2D eigenvalue weighted by molar-refractivity contribution is 7.85. The Morgan fingerprint density at radius 3 is 2.07 bits per heavy atom. The quantitative estimate of drug-likeness (QED) is 0.101. The van der Waals surface area contributed by atoms with Crippen molar-refractivity contribution in [2.24, 2.45) is 0 Å². The molecule has 0 heterocycles. The van der Waals surface area contributed by atoms with Gasteiger partial charge in [-0.2, -0.15) is 0 Å². The van der Waals surface area contributed by atoms with Crippen LogP contribution >= 0.6 is 0 Å². The zero-order valence-electron chi connectivity index (χ0n) is 26.0. The summed E-state index contributed by atoms with van der Waals surface area (Å²) in [6.07, 6.45) is 7.59. The molecule has 3 aromatic carbocycles. The lowest BCUT2D eigenvalue weighted by atomic mass is 9.90. The number of allylic oxidation sites excluding steroid dienone is 5. The minimum absolute atomic E-state index is 0.0317. The molecule has 0 fully saturated rings. The van der Waals surface area contributed by atoms with E-state index in [0.717, 1.165) is 30.9 Å². The Morgan fingerprint density at radius 2 is 1.50 bits per heavy atom. The van der Waals surface area contributed by atoms with Crippen LogP contribution in [0.1, 0.15) is 38.8 Å². The topological polar surface area (TPSA) is 162 Å². The molecule has 3 aromatic rings. The van der Waals surface area contributed by atoms with Crippen molar-refractivity contribution in [2.45, 2.75) is 32.6 Å². The summed E-state index contributed by atoms with van der Waals surface area (Å²) in [5, 5.41) is 25.9. The van der Waals surface area contributed by atoms with Crippen LogP contribution in [-0.2, 0) is 10.1 Å². The number of hydrogen-bond acceptors (Lipinski definition) is 9. The highest BCUT2D eigenvalue weighted by atomic mass is 32.2. The van der Waals surface area contributed by atoms with Crippen molar-refractivity contribution in [3.63, 3.8) is 0 Å². The van der Waals surface area contributed by atoms with E-state index in [2.05, 4.69) is 9.89 Å². The Hall–Kier alpha value is -5.14. The molecule has 1 aliphatic carbocycles. The summed E-state index contributed by atoms with van der Waals surface area (Å²) in [6.45, 7) is 10.8. The Labute approximate surface area is 267 Å². The summed E-state index contributed by atoms with van der Waals surface area (Å²) in [5.74, 6) is 0. The van der Waals surface area contributed by atoms with Gasteiger partial charge in [0.1, 0.15) is 28.9 Å². The minimum Gasteiger partial charge on any atom is -0.744 e. The molecule has 0 saturated heterocycles. The summed E-state index contributed by atoms with van der Waals surface area (Å²) in [5.41, 5.74) is 2.95. The van der Waals surface area contributed by atoms with Crippen LogP contribution < -0.4 is 10.2 Å². The lowest BCUT2D eigenvalue weighted by Gasteiger charge is -2.25. The molecule has 0 radical (unpaired) electrons. The number of rotatable bonds is 12. The number of hydrogen-bond donors (Lipinski definition) is 1. The van der Waals surface area contributed by atoms with Gasteiger partial charge in [0.2, 0.25) is 0 Å². The Kier molecular flexibility index (Phi) is 10.5. The molecule has 0 saturated carbocycles. The van der Waals surface area contributed by atoms with E-state index in [9.17, 15) is 33.2 Å². The fourth-order valence-electron chi connectivity index (χ4n) is 5.41. The molecular formula is C33H35N5O7S. The molecule has 0 unspecified atom stereocenters. The molecule has 0 aromatic heterocycles. The molecule has 240 valence electrons. The van der Waals surface area contributed by atoms with Crippen LogP contribution in [0.25, 0.3) is 5.57 Å². The van der Waals surface area contributed by atoms with Crippen LogP contribution in [0.15, 0.2) is 95.4 Å². The van der Waals surface area contributed by atoms with E-state index < -0.39 is 31.3 Å². The van der Waals surface area contributed by atoms with E-state index in [1.165, 1.54) is 12.1 Å². The van der Waals surface area contributed by atoms with E-state index in [1.807, 2.05) is 56.9 Å². The first-order chi connectivity index (χ1) is 21.9. The maximum atomic E-state index is 12.8. The van der Waals surface area contributed by atoms with Crippen molar-refractivity contribution in [2.75, 3.05) is 36.4 Å². The second-order valence-electron chi connectivity index (χ2n) is 10.3. The van der Waals surface area contributed by atoms with Gasteiger partial charge in [-0.25, -0.2) is 13.0 Å². The largest absolute Gasteiger partial charge is 0.744 e. The van der Waals surface area contributed by atoms with Gasteiger partial charge in [-0.1, -0.05) is 18.2 Å². The summed E-state index contributed by atoms with van der Waals surface area (Å²) in [7, 11) is -4.93. The fourth-order valence-corrected chi connectivity index (χ4v) is 6.12. The third-order valence-corrected chi connectivity index (χ3v) is 8.61. The van der Waals surface area contributed by atoms with Gasteiger partial charge in [-0.3, -0.25) is 20.2 Å². The maximum absolute atomic E-state index is 12.8. The fraction of sp³-hybridized carbons (Fsp3) is 0.242. The number of non-ortho nitro benzene ring substituents is 1. The monoisotopic (exact) mass is 645 g/mol. The van der Waals surface area contributed by atoms with Crippen LogP contribution in [0.5, 0.6) is 0 Å². The number of anilines is 3. The SMILES string of the molecule is CCN(CC)c1ccc(C(=C2C=CC(=[N+](CC)CC)C=C2)c2cccc(Nc3ccc([N+](=O)[O-])cc3[N+](=O)[O-])c2)c(S(=O)(=O)[O-])c1. The number of nitrogens with zero attached hydrogens (tertiary/aromatic N) is 4. The number of benzene rings is 3. The standard InChI is InChI=1S/C33H35N5O7S/c1-5-35(6-2)26-14-12-23(13-15-26)33(29-18-16-27(36(7-3)8-4)22-32(29)46(43,44)45)24-10-9-11-25(20-24)34-30-19-17-28(37(39)40)21-31(30)38(41)42/h9-22,34H,5-8H2,1-4H3. The molecule has 12 nitrogen and oxygen atoms in total. The van der Waals surface area contributed by atoms with Gasteiger partial charge < -0.3 is 14.8 Å². The first-order valence-corrected chi connectivity index (χ1v) is 16.2. The predicted molar refractivity (Wildman–Crippen MR) is 178 cm³/mol. The minimum atomic E-state index is -4.93. The molecule has 1 N–H and O–H groups in total. The smallest absolute Gasteiger partial charge is 0.299 e. The van der Waals surface area contributed by atoms with Crippen molar-refractivity contribution >= 4 is 49.8 Å². The van der Waals surface area contributed by atoms with Crippen LogP contribution in [0.2, 0.25) is 0 Å². The maximum Gasteiger partial charge on any atom is 0.299 e. The zero-order chi connectivity index (χ0) is 33.6. The highest BCUT2D eigenvalue weighted by Crippen LogP contribution is 2.38. The molecule has 0 bridgehead atoms. The second-order valence-corrected chi connectivity index (χ2v) is 11.7. The van der Waals surface area contributed by atoms with Crippen LogP contribution in [0, 0.1) is 20.2 Å². The first kappa shape index (κ1) is 33.7. The molecule has 0 spiro atoms. The lowest BCUT2D eigenvalue weighted by Crippen LogP contribution is -2.22. The van der Waals surface area contributed by atoms with Gasteiger partial charge in [0, 0.05) is 48.2 Å². The average Bonchev–Trinajstić information content (AvgIpc) is 3.03. The molecule has 0 atom stereocenters. The normalized spacial score (nSPS) is 12.6. The Balaban J connectivity index is 1.94. The van der Waals surface area contributed by atoms with E-state index in [1.54, 1.807) is 36.4 Å². The van der Waals surface area contributed by atoms with Crippen LogP contribution in [0.3, 0.4) is 0 Å². The van der Waals surface area contributed by atoms with Gasteiger partial charge in [-0.15, -0.1) is 0 Å². The summed E-state index contributed by atoms with van der Waals surface area (Å²) >= 11 is 0. The van der Waals surface area contributed by atoms with E-state index in [4.69, 9.17) is 0 Å². The van der Waals surface area contributed by atoms with E-state index in [0.29, 0.717) is 41.2 Å². The summed E-state index contributed by atoms with van der Waals surface area (Å²) in [6, 6.07) is 14.9. The Morgan fingerprint density at radius 1 is 0.826 bits per heavy atom. The third kappa shape index (κ3) is 7.38. The van der Waals surface area contributed by atoms with Crippen molar-refractivity contribution < 1.29 is 27.4 Å². The van der Waals surface area contributed by atoms with Crippen molar-refractivity contribution in [3.05, 3.63) is 122 Å². The van der Waals surface area contributed by atoms with Crippen LogP contribution in [0.4, 0.5) is 28.4 Å².